The Hall–Kier alpha value is -2.34. The fraction of sp³-hybridized carbons (Fsp3) is 0.381. The van der Waals surface area contributed by atoms with Gasteiger partial charge in [-0.25, -0.2) is 8.42 Å². The number of amides is 1. The third kappa shape index (κ3) is 4.69. The van der Waals surface area contributed by atoms with Crippen LogP contribution in [0.1, 0.15) is 30.5 Å². The molecule has 2 aromatic rings. The van der Waals surface area contributed by atoms with Crippen molar-refractivity contribution in [1.29, 1.82) is 0 Å². The molecule has 146 valence electrons. The van der Waals surface area contributed by atoms with Gasteiger partial charge in [0, 0.05) is 13.1 Å². The molecule has 0 aliphatic heterocycles. The van der Waals surface area contributed by atoms with Crippen LogP contribution in [-0.2, 0) is 14.8 Å². The van der Waals surface area contributed by atoms with Crippen molar-refractivity contribution in [2.45, 2.75) is 39.5 Å². The minimum absolute atomic E-state index is 0.179. The Morgan fingerprint density at radius 2 is 1.48 bits per heavy atom. The summed E-state index contributed by atoms with van der Waals surface area (Å²) in [6.07, 6.45) is 0. The molecule has 2 rings (SSSR count). The summed E-state index contributed by atoms with van der Waals surface area (Å²) < 4.78 is 27.9. The molecule has 0 heterocycles. The maximum atomic E-state index is 13.3. The number of aryl methyl sites for hydroxylation is 3. The molecule has 0 atom stereocenters. The van der Waals surface area contributed by atoms with Gasteiger partial charge in [-0.2, -0.15) is 0 Å². The van der Waals surface area contributed by atoms with Crippen LogP contribution in [0.3, 0.4) is 0 Å². The average Bonchev–Trinajstić information content (AvgIpc) is 2.63. The number of nitrogens with zero attached hydrogens (tertiary/aromatic N) is 2. The predicted molar refractivity (Wildman–Crippen MR) is 110 cm³/mol. The lowest BCUT2D eigenvalue weighted by Gasteiger charge is -2.28. The number of hydrogen-bond acceptors (Lipinski definition) is 3. The zero-order chi connectivity index (χ0) is 20.2. The zero-order valence-electron chi connectivity index (χ0n) is 16.7. The number of carbonyl (C=O) groups excluding carboxylic acids is 1. The van der Waals surface area contributed by atoms with Crippen LogP contribution >= 0.6 is 0 Å². The monoisotopic (exact) mass is 388 g/mol. The van der Waals surface area contributed by atoms with Gasteiger partial charge in [0.05, 0.1) is 10.6 Å². The lowest BCUT2D eigenvalue weighted by molar-refractivity contribution is -0.129. The van der Waals surface area contributed by atoms with E-state index in [0.717, 1.165) is 16.7 Å². The minimum Gasteiger partial charge on any atom is -0.342 e. The van der Waals surface area contributed by atoms with Crippen LogP contribution in [0.4, 0.5) is 5.69 Å². The molecule has 0 aromatic heterocycles. The highest BCUT2D eigenvalue weighted by Crippen LogP contribution is 2.26. The molecule has 0 saturated carbocycles. The summed E-state index contributed by atoms with van der Waals surface area (Å²) in [4.78, 5) is 14.5. The fourth-order valence-corrected chi connectivity index (χ4v) is 4.24. The summed E-state index contributed by atoms with van der Waals surface area (Å²) in [6, 6.07) is 12.1. The third-order valence-electron chi connectivity index (χ3n) is 4.78. The molecule has 0 unspecified atom stereocenters. The van der Waals surface area contributed by atoms with Crippen molar-refractivity contribution in [3.05, 3.63) is 59.2 Å². The highest BCUT2D eigenvalue weighted by Gasteiger charge is 2.28. The summed E-state index contributed by atoms with van der Waals surface area (Å²) in [6.45, 7) is 10.4. The van der Waals surface area contributed by atoms with Crippen molar-refractivity contribution >= 4 is 21.6 Å². The average molecular weight is 389 g/mol. The summed E-state index contributed by atoms with van der Waals surface area (Å²) >= 11 is 0. The van der Waals surface area contributed by atoms with E-state index in [9.17, 15) is 13.2 Å². The van der Waals surface area contributed by atoms with Crippen LogP contribution in [0, 0.1) is 20.8 Å². The molecular weight excluding hydrogens is 360 g/mol. The molecule has 5 nitrogen and oxygen atoms in total. The zero-order valence-corrected chi connectivity index (χ0v) is 17.5. The first-order valence-corrected chi connectivity index (χ1v) is 10.6. The SMILES string of the molecule is CCN(CC)C(=O)CN(c1ccc(C)c(C)c1)S(=O)(=O)c1ccc(C)cc1. The van der Waals surface area contributed by atoms with Crippen LogP contribution < -0.4 is 4.31 Å². The molecule has 2 aromatic carbocycles. The van der Waals surface area contributed by atoms with E-state index in [0.29, 0.717) is 18.8 Å². The number of carbonyl (C=O) groups is 1. The molecule has 0 radical (unpaired) electrons. The molecular formula is C21H28N2O3S. The molecule has 0 N–H and O–H groups in total. The Bertz CT molecular complexity index is 902. The first-order valence-electron chi connectivity index (χ1n) is 9.15. The Balaban J connectivity index is 2.52. The van der Waals surface area contributed by atoms with Crippen molar-refractivity contribution in [1.82, 2.24) is 4.90 Å². The largest absolute Gasteiger partial charge is 0.342 e. The molecule has 0 spiro atoms. The third-order valence-corrected chi connectivity index (χ3v) is 6.57. The smallest absolute Gasteiger partial charge is 0.264 e. The van der Waals surface area contributed by atoms with E-state index in [-0.39, 0.29) is 17.3 Å². The molecule has 0 aliphatic rings. The Labute approximate surface area is 162 Å². The second-order valence-corrected chi connectivity index (χ2v) is 8.52. The van der Waals surface area contributed by atoms with Crippen molar-refractivity contribution in [2.24, 2.45) is 0 Å². The van der Waals surface area contributed by atoms with Crippen molar-refractivity contribution < 1.29 is 13.2 Å². The van der Waals surface area contributed by atoms with Gasteiger partial charge in [0.2, 0.25) is 5.91 Å². The molecule has 0 bridgehead atoms. The normalized spacial score (nSPS) is 11.3. The minimum atomic E-state index is -3.86. The van der Waals surface area contributed by atoms with E-state index < -0.39 is 10.0 Å². The second kappa shape index (κ2) is 8.57. The van der Waals surface area contributed by atoms with Crippen molar-refractivity contribution in [3.8, 4) is 0 Å². The second-order valence-electron chi connectivity index (χ2n) is 6.66. The van der Waals surface area contributed by atoms with Crippen molar-refractivity contribution in [2.75, 3.05) is 23.9 Å². The van der Waals surface area contributed by atoms with Crippen LogP contribution in [-0.4, -0.2) is 38.9 Å². The number of benzene rings is 2. The molecule has 0 saturated heterocycles. The summed E-state index contributed by atoms with van der Waals surface area (Å²) in [5, 5.41) is 0. The van der Waals surface area contributed by atoms with Crippen LogP contribution in [0.15, 0.2) is 47.4 Å². The Morgan fingerprint density at radius 3 is 2.00 bits per heavy atom. The Kier molecular flexibility index (Phi) is 6.65. The van der Waals surface area contributed by atoms with Gasteiger partial charge in [0.1, 0.15) is 6.54 Å². The van der Waals surface area contributed by atoms with Crippen molar-refractivity contribution in [3.63, 3.8) is 0 Å². The van der Waals surface area contributed by atoms with Gasteiger partial charge in [0.25, 0.3) is 10.0 Å². The van der Waals surface area contributed by atoms with E-state index in [2.05, 4.69) is 0 Å². The lowest BCUT2D eigenvalue weighted by Crippen LogP contribution is -2.43. The predicted octanol–water partition coefficient (Wildman–Crippen LogP) is 3.68. The quantitative estimate of drug-likeness (QED) is 0.727. The highest BCUT2D eigenvalue weighted by atomic mass is 32.2. The molecule has 0 fully saturated rings. The molecule has 6 heteroatoms. The number of anilines is 1. The topological polar surface area (TPSA) is 57.7 Å². The first kappa shape index (κ1) is 21.0. The summed E-state index contributed by atoms with van der Waals surface area (Å²) in [5.41, 5.74) is 3.53. The van der Waals surface area contributed by atoms with Crippen LogP contribution in [0.5, 0.6) is 0 Å². The highest BCUT2D eigenvalue weighted by molar-refractivity contribution is 7.92. The van der Waals surface area contributed by atoms with Gasteiger partial charge in [0.15, 0.2) is 0 Å². The number of likely N-dealkylation sites (N-methyl/N-ethyl adjacent to an activating group) is 1. The van der Waals surface area contributed by atoms with E-state index in [1.807, 2.05) is 46.8 Å². The number of sulfonamides is 1. The summed E-state index contributed by atoms with van der Waals surface area (Å²) in [7, 11) is -3.86. The van der Waals surface area contributed by atoms with Gasteiger partial charge in [-0.05, 0) is 70.0 Å². The van der Waals surface area contributed by atoms with Gasteiger partial charge >= 0.3 is 0 Å². The van der Waals surface area contributed by atoms with E-state index in [1.54, 1.807) is 35.2 Å². The van der Waals surface area contributed by atoms with Gasteiger partial charge in [-0.1, -0.05) is 23.8 Å². The number of rotatable bonds is 7. The summed E-state index contributed by atoms with van der Waals surface area (Å²) in [5.74, 6) is -0.214. The number of hydrogen-bond donors (Lipinski definition) is 0. The van der Waals surface area contributed by atoms with E-state index >= 15 is 0 Å². The molecule has 27 heavy (non-hydrogen) atoms. The molecule has 1 amide bonds. The van der Waals surface area contributed by atoms with E-state index in [4.69, 9.17) is 0 Å². The standard InChI is InChI=1S/C21H28N2O3S/c1-6-22(7-2)21(24)15-23(19-11-10-17(4)18(5)14-19)27(25,26)20-12-8-16(3)9-13-20/h8-14H,6-7,15H2,1-5H3. The maximum Gasteiger partial charge on any atom is 0.264 e. The van der Waals surface area contributed by atoms with E-state index in [1.165, 1.54) is 4.31 Å². The molecule has 0 aliphatic carbocycles. The fourth-order valence-electron chi connectivity index (χ4n) is 2.83. The Morgan fingerprint density at radius 1 is 0.889 bits per heavy atom. The first-order chi connectivity index (χ1) is 12.7. The van der Waals surface area contributed by atoms with Gasteiger partial charge in [-0.15, -0.1) is 0 Å². The van der Waals surface area contributed by atoms with Gasteiger partial charge < -0.3 is 4.90 Å². The lowest BCUT2D eigenvalue weighted by atomic mass is 10.1. The van der Waals surface area contributed by atoms with Crippen LogP contribution in [0.2, 0.25) is 0 Å². The van der Waals surface area contributed by atoms with Crippen LogP contribution in [0.25, 0.3) is 0 Å². The maximum absolute atomic E-state index is 13.3. The van der Waals surface area contributed by atoms with Gasteiger partial charge in [-0.3, -0.25) is 9.10 Å².